The molecule has 2 aromatic rings. The Bertz CT molecular complexity index is 606. The van der Waals surface area contributed by atoms with Crippen LogP contribution in [0.5, 0.6) is 0 Å². The number of hydrogen-bond acceptors (Lipinski definition) is 5. The molecule has 0 bridgehead atoms. The fourth-order valence-electron chi connectivity index (χ4n) is 1.13. The predicted molar refractivity (Wildman–Crippen MR) is 70.1 cm³/mol. The molecule has 0 amide bonds. The summed E-state index contributed by atoms with van der Waals surface area (Å²) < 4.78 is 21.0. The van der Waals surface area contributed by atoms with Gasteiger partial charge in [0.05, 0.1) is 21.9 Å². The summed E-state index contributed by atoms with van der Waals surface area (Å²) in [6.45, 7) is 0. The Morgan fingerprint density at radius 2 is 2.28 bits per heavy atom. The summed E-state index contributed by atoms with van der Waals surface area (Å²) in [7, 11) is 0. The maximum Gasteiger partial charge on any atom is 0.180 e. The van der Waals surface area contributed by atoms with Crippen LogP contribution < -0.4 is 5.48 Å². The van der Waals surface area contributed by atoms with E-state index >= 15 is 0 Å². The molecule has 0 unspecified atom stereocenters. The first kappa shape index (κ1) is 13.3. The van der Waals surface area contributed by atoms with E-state index in [1.807, 2.05) is 5.48 Å². The lowest BCUT2D eigenvalue weighted by Gasteiger charge is -2.02. The number of hydrogen-bond donors (Lipinski definition) is 2. The van der Waals surface area contributed by atoms with Crippen LogP contribution in [0.1, 0.15) is 5.69 Å². The third kappa shape index (κ3) is 2.83. The van der Waals surface area contributed by atoms with Gasteiger partial charge < -0.3 is 0 Å². The number of rotatable bonds is 2. The van der Waals surface area contributed by atoms with Crippen LogP contribution in [0.15, 0.2) is 27.7 Å². The fourth-order valence-corrected chi connectivity index (χ4v) is 2.23. The number of hydroxylamine groups is 1. The molecule has 1 heterocycles. The average molecular weight is 352 g/mol. The van der Waals surface area contributed by atoms with Gasteiger partial charge in [-0.25, -0.2) is 9.38 Å². The highest BCUT2D eigenvalue weighted by molar-refractivity contribution is 9.10. The van der Waals surface area contributed by atoms with Crippen molar-refractivity contribution < 1.29 is 9.60 Å². The summed E-state index contributed by atoms with van der Waals surface area (Å²) in [5.41, 5.74) is 2.54. The second-order valence-corrected chi connectivity index (χ2v) is 4.82. The van der Waals surface area contributed by atoms with E-state index in [4.69, 9.17) is 16.8 Å². The molecule has 0 saturated heterocycles. The van der Waals surface area contributed by atoms with E-state index in [1.54, 1.807) is 0 Å². The van der Waals surface area contributed by atoms with E-state index < -0.39 is 5.82 Å². The third-order valence-electron chi connectivity index (χ3n) is 1.92. The van der Waals surface area contributed by atoms with Gasteiger partial charge in [0.2, 0.25) is 0 Å². The number of aromatic nitrogens is 2. The Balaban J connectivity index is 2.41. The molecule has 0 aliphatic carbocycles. The predicted octanol–water partition coefficient (Wildman–Crippen LogP) is 3.15. The molecule has 18 heavy (non-hydrogen) atoms. The van der Waals surface area contributed by atoms with Gasteiger partial charge in [-0.1, -0.05) is 11.6 Å². The van der Waals surface area contributed by atoms with Gasteiger partial charge in [-0.3, -0.25) is 10.7 Å². The lowest BCUT2D eigenvalue weighted by atomic mass is 10.3. The van der Waals surface area contributed by atoms with E-state index in [-0.39, 0.29) is 21.2 Å². The monoisotopic (exact) mass is 350 g/mol. The maximum absolute atomic E-state index is 13.1. The van der Waals surface area contributed by atoms with Crippen molar-refractivity contribution in [3.05, 3.63) is 39.3 Å². The first-order chi connectivity index (χ1) is 8.61. The molecule has 0 saturated carbocycles. The molecule has 94 valence electrons. The highest BCUT2D eigenvalue weighted by Gasteiger charge is 2.12. The Morgan fingerprint density at radius 1 is 1.50 bits per heavy atom. The van der Waals surface area contributed by atoms with Crippen LogP contribution in [0.25, 0.3) is 0 Å². The van der Waals surface area contributed by atoms with Gasteiger partial charge in [0.25, 0.3) is 0 Å². The number of halogens is 3. The van der Waals surface area contributed by atoms with Crippen molar-refractivity contribution in [2.45, 2.75) is 0 Å². The van der Waals surface area contributed by atoms with Crippen LogP contribution in [-0.2, 0) is 0 Å². The summed E-state index contributed by atoms with van der Waals surface area (Å²) in [5.74, 6) is -0.368. The molecule has 0 spiro atoms. The van der Waals surface area contributed by atoms with Gasteiger partial charge in [0.1, 0.15) is 5.82 Å². The molecule has 0 radical (unpaired) electrons. The van der Waals surface area contributed by atoms with Crippen molar-refractivity contribution in [2.24, 2.45) is 4.99 Å². The van der Waals surface area contributed by atoms with Gasteiger partial charge in [-0.05, 0) is 34.1 Å². The summed E-state index contributed by atoms with van der Waals surface area (Å²) in [4.78, 5) is 4.06. The Labute approximate surface area is 119 Å². The van der Waals surface area contributed by atoms with E-state index in [2.05, 4.69) is 29.7 Å². The van der Waals surface area contributed by atoms with Crippen LogP contribution in [0, 0.1) is 5.82 Å². The van der Waals surface area contributed by atoms with Crippen molar-refractivity contribution in [3.63, 3.8) is 0 Å². The molecule has 5 nitrogen and oxygen atoms in total. The lowest BCUT2D eigenvalue weighted by molar-refractivity contribution is 0.235. The number of nitrogens with zero attached hydrogens (tertiary/aromatic N) is 3. The first-order valence-corrected chi connectivity index (χ1v) is 6.44. The van der Waals surface area contributed by atoms with Gasteiger partial charge in [-0.15, -0.1) is 0 Å². The molecule has 2 rings (SSSR count). The normalized spacial score (nSPS) is 11.7. The highest BCUT2D eigenvalue weighted by Crippen LogP contribution is 2.23. The van der Waals surface area contributed by atoms with E-state index in [1.165, 1.54) is 18.2 Å². The zero-order valence-corrected chi connectivity index (χ0v) is 11.7. The number of benzene rings is 1. The van der Waals surface area contributed by atoms with E-state index in [9.17, 15) is 4.39 Å². The zero-order chi connectivity index (χ0) is 13.1. The summed E-state index contributed by atoms with van der Waals surface area (Å²) >= 11 is 9.71. The minimum Gasteiger partial charge on any atom is -0.290 e. The van der Waals surface area contributed by atoms with Gasteiger partial charge in [0, 0.05) is 0 Å². The number of aliphatic imine (C=N–C) groups is 1. The zero-order valence-electron chi connectivity index (χ0n) is 8.56. The second kappa shape index (κ2) is 5.70. The topological polar surface area (TPSA) is 70.4 Å². The molecular formula is C9H5BrClFN4OS. The molecule has 2 N–H and O–H groups in total. The van der Waals surface area contributed by atoms with Crippen molar-refractivity contribution in [1.82, 2.24) is 14.2 Å². The standard InChI is InChI=1S/C9H5BrClFN4OS/c10-5-3-4(1-2-6(5)12)13-9(14-17)7-8(11)16-18-15-7/h1-3,17H,(H,13,14). The van der Waals surface area contributed by atoms with Crippen molar-refractivity contribution in [3.8, 4) is 0 Å². The minimum atomic E-state index is -0.402. The summed E-state index contributed by atoms with van der Waals surface area (Å²) in [6.07, 6.45) is 0. The number of amidine groups is 1. The lowest BCUT2D eigenvalue weighted by Crippen LogP contribution is -2.20. The van der Waals surface area contributed by atoms with Crippen LogP contribution in [0.2, 0.25) is 5.15 Å². The molecule has 1 aromatic heterocycles. The average Bonchev–Trinajstić information content (AvgIpc) is 2.77. The number of nitrogens with one attached hydrogen (secondary N) is 1. The van der Waals surface area contributed by atoms with Gasteiger partial charge >= 0.3 is 0 Å². The van der Waals surface area contributed by atoms with Crippen molar-refractivity contribution in [1.29, 1.82) is 0 Å². The second-order valence-electron chi connectivity index (χ2n) is 3.07. The van der Waals surface area contributed by atoms with Crippen LogP contribution >= 0.6 is 39.3 Å². The first-order valence-electron chi connectivity index (χ1n) is 4.54. The van der Waals surface area contributed by atoms with E-state index in [0.717, 1.165) is 11.7 Å². The van der Waals surface area contributed by atoms with E-state index in [0.29, 0.717) is 5.69 Å². The Hall–Kier alpha value is -1.09. The highest BCUT2D eigenvalue weighted by atomic mass is 79.9. The van der Waals surface area contributed by atoms with Crippen LogP contribution in [-0.4, -0.2) is 19.8 Å². The van der Waals surface area contributed by atoms with Crippen molar-refractivity contribution in [2.75, 3.05) is 0 Å². The molecule has 9 heteroatoms. The molecule has 0 fully saturated rings. The molecular weight excluding hydrogens is 347 g/mol. The Morgan fingerprint density at radius 3 is 2.83 bits per heavy atom. The van der Waals surface area contributed by atoms with Crippen LogP contribution in [0.4, 0.5) is 10.1 Å². The fraction of sp³-hybridized carbons (Fsp3) is 0. The van der Waals surface area contributed by atoms with Crippen molar-refractivity contribution >= 4 is 50.8 Å². The van der Waals surface area contributed by atoms with Crippen LogP contribution in [0.3, 0.4) is 0 Å². The molecule has 0 aliphatic rings. The van der Waals surface area contributed by atoms with Gasteiger partial charge in [-0.2, -0.15) is 8.75 Å². The van der Waals surface area contributed by atoms with Gasteiger partial charge in [0.15, 0.2) is 16.7 Å². The SMILES string of the molecule is ONC(=Nc1ccc(F)c(Br)c1)c1nsnc1Cl. The molecule has 0 atom stereocenters. The molecule has 1 aromatic carbocycles. The minimum absolute atomic E-state index is 0.0345. The summed E-state index contributed by atoms with van der Waals surface area (Å²) in [6, 6.07) is 4.16. The third-order valence-corrected chi connectivity index (χ3v) is 3.42. The Kier molecular flexibility index (Phi) is 4.23. The summed E-state index contributed by atoms with van der Waals surface area (Å²) in [5, 5.41) is 9.15. The quantitative estimate of drug-likeness (QED) is 0.495. The smallest absolute Gasteiger partial charge is 0.180 e. The largest absolute Gasteiger partial charge is 0.290 e. The molecule has 0 aliphatic heterocycles. The maximum atomic E-state index is 13.1.